The van der Waals surface area contributed by atoms with E-state index in [-0.39, 0.29) is 24.8 Å². The van der Waals surface area contributed by atoms with Gasteiger partial charge in [0.25, 0.3) is 5.56 Å². The third-order valence-electron chi connectivity index (χ3n) is 6.31. The molecule has 0 saturated heterocycles. The second-order valence-electron chi connectivity index (χ2n) is 9.15. The lowest BCUT2D eigenvalue weighted by atomic mass is 10.1. The molecular formula is C29H29N3O4. The lowest BCUT2D eigenvalue weighted by Crippen LogP contribution is -2.30. The molecule has 2 N–H and O–H groups in total. The molecule has 36 heavy (non-hydrogen) atoms. The van der Waals surface area contributed by atoms with E-state index < -0.39 is 0 Å². The minimum atomic E-state index is -0.277. The maximum absolute atomic E-state index is 13.6. The first-order chi connectivity index (χ1) is 17.4. The number of carbonyl (C=O) groups excluding carboxylic acids is 1. The Labute approximate surface area is 209 Å². The fraction of sp³-hybridized carbons (Fsp3) is 0.241. The van der Waals surface area contributed by atoms with Crippen molar-refractivity contribution in [1.82, 2.24) is 4.57 Å². The summed E-state index contributed by atoms with van der Waals surface area (Å²) in [5, 5.41) is 7.07. The lowest BCUT2D eigenvalue weighted by molar-refractivity contribution is -0.116. The zero-order valence-corrected chi connectivity index (χ0v) is 20.7. The van der Waals surface area contributed by atoms with Crippen molar-refractivity contribution in [3.63, 3.8) is 0 Å². The number of nitrogens with one attached hydrogen (secondary N) is 2. The van der Waals surface area contributed by atoms with Gasteiger partial charge in [0.15, 0.2) is 11.5 Å². The zero-order valence-electron chi connectivity index (χ0n) is 20.7. The van der Waals surface area contributed by atoms with E-state index in [0.717, 1.165) is 28.6 Å². The van der Waals surface area contributed by atoms with Crippen LogP contribution in [-0.4, -0.2) is 17.3 Å². The number of rotatable bonds is 7. The topological polar surface area (TPSA) is 81.6 Å². The first-order valence-electron chi connectivity index (χ1n) is 12.1. The molecule has 0 atom stereocenters. The summed E-state index contributed by atoms with van der Waals surface area (Å²) in [5.41, 5.74) is 5.95. The minimum Gasteiger partial charge on any atom is -0.454 e. The van der Waals surface area contributed by atoms with Crippen molar-refractivity contribution >= 4 is 28.2 Å². The molecule has 4 aromatic rings. The second-order valence-corrected chi connectivity index (χ2v) is 9.15. The van der Waals surface area contributed by atoms with E-state index in [0.29, 0.717) is 34.8 Å². The average Bonchev–Trinajstić information content (AvgIpc) is 3.30. The van der Waals surface area contributed by atoms with E-state index in [9.17, 15) is 9.59 Å². The fourth-order valence-corrected chi connectivity index (χ4v) is 4.56. The molecular weight excluding hydrogens is 454 g/mol. The molecule has 1 aromatic heterocycles. The summed E-state index contributed by atoms with van der Waals surface area (Å²) in [5.74, 6) is 0.912. The van der Waals surface area contributed by atoms with Crippen molar-refractivity contribution in [3.05, 3.63) is 93.3 Å². The van der Waals surface area contributed by atoms with E-state index in [4.69, 9.17) is 9.47 Å². The molecule has 0 unspecified atom stereocenters. The Morgan fingerprint density at radius 3 is 2.31 bits per heavy atom. The Bertz CT molecular complexity index is 1490. The Morgan fingerprint density at radius 1 is 0.917 bits per heavy atom. The summed E-state index contributed by atoms with van der Waals surface area (Å²) in [4.78, 5) is 26.6. The number of aryl methyl sites for hydroxylation is 3. The molecule has 1 aliphatic heterocycles. The minimum absolute atomic E-state index is 0.124. The molecule has 184 valence electrons. The van der Waals surface area contributed by atoms with Gasteiger partial charge >= 0.3 is 0 Å². The monoisotopic (exact) mass is 483 g/mol. The number of hydrogen-bond donors (Lipinski definition) is 2. The number of anilines is 2. The summed E-state index contributed by atoms with van der Waals surface area (Å²) in [6, 6.07) is 19.5. The molecule has 2 heterocycles. The van der Waals surface area contributed by atoms with Gasteiger partial charge in [-0.1, -0.05) is 25.1 Å². The number of hydrogen-bond acceptors (Lipinski definition) is 5. The SMILES string of the molecule is CCc1ccc(NCc2cc3cc4c(cc3n(CC(=O)Nc3cc(C)cc(C)c3)c2=O)OCO4)cc1. The number of carbonyl (C=O) groups is 1. The zero-order chi connectivity index (χ0) is 25.2. The van der Waals surface area contributed by atoms with Crippen LogP contribution in [0.3, 0.4) is 0 Å². The molecule has 0 radical (unpaired) electrons. The number of nitrogens with zero attached hydrogens (tertiary/aromatic N) is 1. The smallest absolute Gasteiger partial charge is 0.256 e. The van der Waals surface area contributed by atoms with Gasteiger partial charge in [-0.15, -0.1) is 0 Å². The van der Waals surface area contributed by atoms with Gasteiger partial charge in [-0.3, -0.25) is 14.2 Å². The van der Waals surface area contributed by atoms with E-state index in [1.807, 2.05) is 56.3 Å². The number of ether oxygens (including phenoxy) is 2. The highest BCUT2D eigenvalue weighted by Crippen LogP contribution is 2.36. The second kappa shape index (κ2) is 9.77. The molecule has 7 heteroatoms. The summed E-state index contributed by atoms with van der Waals surface area (Å²) in [6.07, 6.45) is 0.968. The first-order valence-corrected chi connectivity index (χ1v) is 12.1. The molecule has 5 rings (SSSR count). The first kappa shape index (κ1) is 23.5. The molecule has 1 amide bonds. The van der Waals surface area contributed by atoms with E-state index in [2.05, 4.69) is 29.7 Å². The standard InChI is InChI=1S/C29H29N3O4/c1-4-20-5-7-23(8-6-20)30-15-22-12-21-13-26-27(36-17-35-26)14-25(21)32(29(22)34)16-28(33)31-24-10-18(2)9-19(3)11-24/h5-14,30H,4,15-17H2,1-3H3,(H,31,33). The van der Waals surface area contributed by atoms with E-state index in [1.165, 1.54) is 10.1 Å². The van der Waals surface area contributed by atoms with Crippen molar-refractivity contribution < 1.29 is 14.3 Å². The highest BCUT2D eigenvalue weighted by Gasteiger charge is 2.19. The van der Waals surface area contributed by atoms with Crippen molar-refractivity contribution in [1.29, 1.82) is 0 Å². The average molecular weight is 484 g/mol. The van der Waals surface area contributed by atoms with Crippen molar-refractivity contribution in [2.24, 2.45) is 0 Å². The highest BCUT2D eigenvalue weighted by atomic mass is 16.7. The molecule has 3 aromatic carbocycles. The number of fused-ring (bicyclic) bond motifs is 2. The third kappa shape index (κ3) is 4.91. The van der Waals surface area contributed by atoms with Crippen LogP contribution in [0.4, 0.5) is 11.4 Å². The molecule has 1 aliphatic rings. The quantitative estimate of drug-likeness (QED) is 0.380. The number of benzene rings is 3. The van der Waals surface area contributed by atoms with Crippen LogP contribution in [0, 0.1) is 13.8 Å². The van der Waals surface area contributed by atoms with Gasteiger partial charge in [0.1, 0.15) is 6.54 Å². The number of aromatic nitrogens is 1. The Hall–Kier alpha value is -4.26. The van der Waals surface area contributed by atoms with Crippen LogP contribution in [0.5, 0.6) is 11.5 Å². The van der Waals surface area contributed by atoms with Crippen LogP contribution in [0.15, 0.2) is 65.5 Å². The van der Waals surface area contributed by atoms with Crippen molar-refractivity contribution in [3.8, 4) is 11.5 Å². The molecule has 0 fully saturated rings. The predicted molar refractivity (Wildman–Crippen MR) is 142 cm³/mol. The number of pyridine rings is 1. The largest absolute Gasteiger partial charge is 0.454 e. The maximum Gasteiger partial charge on any atom is 0.256 e. The number of amides is 1. The van der Waals surface area contributed by atoms with Gasteiger partial charge < -0.3 is 20.1 Å². The van der Waals surface area contributed by atoms with Gasteiger partial charge in [0.05, 0.1) is 5.52 Å². The molecule has 0 bridgehead atoms. The molecule has 0 aliphatic carbocycles. The molecule has 7 nitrogen and oxygen atoms in total. The van der Waals surface area contributed by atoms with Crippen LogP contribution in [0.1, 0.15) is 29.2 Å². The van der Waals surface area contributed by atoms with Gasteiger partial charge in [-0.2, -0.15) is 0 Å². The fourth-order valence-electron chi connectivity index (χ4n) is 4.56. The van der Waals surface area contributed by atoms with Crippen molar-refractivity contribution in [2.75, 3.05) is 17.4 Å². The van der Waals surface area contributed by atoms with Gasteiger partial charge in [0, 0.05) is 34.9 Å². The van der Waals surface area contributed by atoms with E-state index in [1.54, 1.807) is 6.07 Å². The van der Waals surface area contributed by atoms with Crippen LogP contribution in [0.2, 0.25) is 0 Å². The van der Waals surface area contributed by atoms with Crippen LogP contribution >= 0.6 is 0 Å². The van der Waals surface area contributed by atoms with Gasteiger partial charge in [-0.25, -0.2) is 0 Å². The van der Waals surface area contributed by atoms with E-state index >= 15 is 0 Å². The Kier molecular flexibility index (Phi) is 6.38. The lowest BCUT2D eigenvalue weighted by Gasteiger charge is -2.15. The Balaban J connectivity index is 1.48. The Morgan fingerprint density at radius 2 is 1.61 bits per heavy atom. The predicted octanol–water partition coefficient (Wildman–Crippen LogP) is 5.16. The molecule has 0 saturated carbocycles. The normalized spacial score (nSPS) is 12.1. The summed E-state index contributed by atoms with van der Waals surface area (Å²) >= 11 is 0. The van der Waals surface area contributed by atoms with Crippen LogP contribution < -0.4 is 25.7 Å². The summed E-state index contributed by atoms with van der Waals surface area (Å²) in [6.45, 7) is 6.41. The molecule has 0 spiro atoms. The highest BCUT2D eigenvalue weighted by molar-refractivity contribution is 5.92. The van der Waals surface area contributed by atoms with Crippen LogP contribution in [-0.2, 0) is 24.3 Å². The van der Waals surface area contributed by atoms with Crippen LogP contribution in [0.25, 0.3) is 10.9 Å². The summed E-state index contributed by atoms with van der Waals surface area (Å²) in [7, 11) is 0. The maximum atomic E-state index is 13.6. The van der Waals surface area contributed by atoms with Gasteiger partial charge in [-0.05, 0) is 73.4 Å². The third-order valence-corrected chi connectivity index (χ3v) is 6.31. The van der Waals surface area contributed by atoms with Crippen molar-refractivity contribution in [2.45, 2.75) is 40.3 Å². The van der Waals surface area contributed by atoms with Gasteiger partial charge in [0.2, 0.25) is 12.7 Å². The summed E-state index contributed by atoms with van der Waals surface area (Å²) < 4.78 is 12.6.